The maximum absolute atomic E-state index is 13.2. The van der Waals surface area contributed by atoms with Crippen molar-refractivity contribution in [3.8, 4) is 5.75 Å². The van der Waals surface area contributed by atoms with Crippen LogP contribution >= 0.6 is 0 Å². The van der Waals surface area contributed by atoms with Gasteiger partial charge in [-0.15, -0.1) is 0 Å². The summed E-state index contributed by atoms with van der Waals surface area (Å²) in [4.78, 5) is 35.8. The number of aryl methyl sites for hydroxylation is 1. The quantitative estimate of drug-likeness (QED) is 0.0894. The second-order valence-corrected chi connectivity index (χ2v) is 10.0. The molecule has 0 saturated carbocycles. The lowest BCUT2D eigenvalue weighted by Gasteiger charge is -2.26. The van der Waals surface area contributed by atoms with Crippen LogP contribution in [0.4, 0.5) is 0 Å². The van der Waals surface area contributed by atoms with Gasteiger partial charge in [0.15, 0.2) is 6.61 Å². The molecule has 11 heteroatoms. The Balaban J connectivity index is 1.84. The molecular weight excluding hydrogens is 514 g/mol. The van der Waals surface area contributed by atoms with Crippen LogP contribution in [0.1, 0.15) is 66.9 Å². The van der Waals surface area contributed by atoms with E-state index >= 15 is 0 Å². The molecule has 11 nitrogen and oxygen atoms in total. The second kappa shape index (κ2) is 16.3. The van der Waals surface area contributed by atoms with Gasteiger partial charge in [-0.1, -0.05) is 28.5 Å². The molecule has 0 aliphatic carbocycles. The summed E-state index contributed by atoms with van der Waals surface area (Å²) >= 11 is 0. The highest BCUT2D eigenvalue weighted by Crippen LogP contribution is 2.24. The van der Waals surface area contributed by atoms with Gasteiger partial charge in [0.05, 0.1) is 17.4 Å². The first kappa shape index (κ1) is 30.7. The summed E-state index contributed by atoms with van der Waals surface area (Å²) < 4.78 is 11.7. The van der Waals surface area contributed by atoms with Gasteiger partial charge in [0, 0.05) is 44.0 Å². The van der Waals surface area contributed by atoms with Crippen molar-refractivity contribution in [2.75, 3.05) is 32.8 Å². The van der Waals surface area contributed by atoms with Crippen LogP contribution in [-0.4, -0.2) is 72.7 Å². The van der Waals surface area contributed by atoms with Gasteiger partial charge >= 0.3 is 5.97 Å². The Morgan fingerprint density at radius 1 is 1.23 bits per heavy atom. The van der Waals surface area contributed by atoms with E-state index in [2.05, 4.69) is 15.2 Å². The number of rotatable bonds is 8. The molecule has 3 rings (SSSR count). The zero-order chi connectivity index (χ0) is 28.7. The third-order valence-electron chi connectivity index (χ3n) is 6.66. The zero-order valence-corrected chi connectivity index (χ0v) is 23.3. The van der Waals surface area contributed by atoms with Crippen molar-refractivity contribution in [3.63, 3.8) is 0 Å². The first-order chi connectivity index (χ1) is 19.4. The van der Waals surface area contributed by atoms with E-state index in [0.29, 0.717) is 54.8 Å². The lowest BCUT2D eigenvalue weighted by atomic mass is 9.96. The molecule has 1 N–H and O–H groups in total. The summed E-state index contributed by atoms with van der Waals surface area (Å²) in [5.41, 5.74) is 10.4. The van der Waals surface area contributed by atoms with Crippen LogP contribution in [0.2, 0.25) is 0 Å². The van der Waals surface area contributed by atoms with Gasteiger partial charge in [-0.05, 0) is 80.8 Å². The number of likely N-dealkylation sites (tertiary alicyclic amines) is 1. The van der Waals surface area contributed by atoms with Gasteiger partial charge in [-0.25, -0.2) is 4.79 Å². The van der Waals surface area contributed by atoms with Crippen LogP contribution in [0.5, 0.6) is 5.75 Å². The molecule has 2 aliphatic rings. The smallest absolute Gasteiger partial charge is 0.338 e. The Bertz CT molecular complexity index is 1150. The lowest BCUT2D eigenvalue weighted by Crippen LogP contribution is -2.37. The monoisotopic (exact) mass is 553 g/mol. The van der Waals surface area contributed by atoms with E-state index in [0.717, 1.165) is 32.4 Å². The van der Waals surface area contributed by atoms with Crippen LogP contribution < -0.4 is 0 Å². The maximum atomic E-state index is 13.2. The molecule has 2 atom stereocenters. The number of benzene rings is 1. The van der Waals surface area contributed by atoms with E-state index in [9.17, 15) is 14.7 Å². The molecule has 0 radical (unpaired) electrons. The summed E-state index contributed by atoms with van der Waals surface area (Å²) in [6.45, 7) is 5.61. The number of fused-ring (bicyclic) bond motifs is 1. The number of ether oxygens (including phenoxy) is 2. The van der Waals surface area contributed by atoms with Gasteiger partial charge in [0.25, 0.3) is 5.91 Å². The highest BCUT2D eigenvalue weighted by molar-refractivity contribution is 6.00. The number of hydrogen-bond acceptors (Lipinski definition) is 8. The van der Waals surface area contributed by atoms with E-state index in [4.69, 9.17) is 19.8 Å². The molecule has 1 unspecified atom stereocenters. The van der Waals surface area contributed by atoms with Gasteiger partial charge < -0.3 is 24.3 Å². The van der Waals surface area contributed by atoms with Crippen molar-refractivity contribution < 1.29 is 29.0 Å². The van der Waals surface area contributed by atoms with E-state index in [1.807, 2.05) is 25.2 Å². The Morgan fingerprint density at radius 2 is 2.02 bits per heavy atom. The van der Waals surface area contributed by atoms with Crippen molar-refractivity contribution in [2.45, 2.75) is 71.0 Å². The van der Waals surface area contributed by atoms with E-state index < -0.39 is 5.97 Å². The molecule has 0 aromatic heterocycles. The average molecular weight is 554 g/mol. The summed E-state index contributed by atoms with van der Waals surface area (Å²) in [7, 11) is 0. The number of carbonyl (C=O) groups is 2. The van der Waals surface area contributed by atoms with E-state index in [1.54, 1.807) is 17.9 Å². The number of azide groups is 1. The lowest BCUT2D eigenvalue weighted by molar-refractivity contribution is -0.137. The summed E-state index contributed by atoms with van der Waals surface area (Å²) in [5, 5.41) is 18.1. The number of carbonyl (C=O) groups excluding carboxylic acids is 2. The molecule has 0 spiro atoms. The van der Waals surface area contributed by atoms with Gasteiger partial charge in [0.1, 0.15) is 11.9 Å². The number of esters is 1. The predicted molar refractivity (Wildman–Crippen MR) is 151 cm³/mol. The number of hydrogen-bond donors (Lipinski definition) is 1. The van der Waals surface area contributed by atoms with Crippen LogP contribution in [0.3, 0.4) is 0 Å². The number of allylic oxidation sites excluding steroid dienone is 1. The topological polar surface area (TPSA) is 146 Å². The number of aromatic hydroxyl groups is 1. The summed E-state index contributed by atoms with van der Waals surface area (Å²) in [5.74, 6) is -0.569. The SMILES string of the molecule is Cc1cc(O)cc2c1C(=O)O[C@H](C)C/C=C/C(OCCCN=[N+]=[N-])C/C=C/C(=N/OCC(=O)N1CCCCC1)C2. The van der Waals surface area contributed by atoms with Crippen LogP contribution in [-0.2, 0) is 25.5 Å². The molecule has 2 aliphatic heterocycles. The van der Waals surface area contributed by atoms with Crippen molar-refractivity contribution in [3.05, 3.63) is 63.6 Å². The molecule has 0 bridgehead atoms. The number of cyclic esters (lactones) is 1. The number of phenolic OH excluding ortho intramolecular Hbond substituents is 1. The minimum absolute atomic E-state index is 0.0277. The molecule has 216 valence electrons. The van der Waals surface area contributed by atoms with Gasteiger partial charge in [-0.3, -0.25) is 4.79 Å². The van der Waals surface area contributed by atoms with Crippen molar-refractivity contribution in [1.29, 1.82) is 0 Å². The predicted octanol–water partition coefficient (Wildman–Crippen LogP) is 5.17. The fourth-order valence-corrected chi connectivity index (χ4v) is 4.66. The fraction of sp³-hybridized carbons (Fsp3) is 0.552. The van der Waals surface area contributed by atoms with Crippen molar-refractivity contribution >= 4 is 17.6 Å². The van der Waals surface area contributed by atoms with Gasteiger partial charge in [0.2, 0.25) is 0 Å². The van der Waals surface area contributed by atoms with Crippen LogP contribution in [0, 0.1) is 6.92 Å². The minimum atomic E-state index is -0.485. The fourth-order valence-electron chi connectivity index (χ4n) is 4.66. The standard InChI is InChI=1S/C29H39N5O6/c1-21-17-25(35)19-23-18-24(32-39-20-27(36)34-14-4-3-5-15-34)10-7-12-26(38-16-8-13-31-33-30)11-6-9-22(2)40-29(37)28(21)23/h6-7,10-11,17,19,22,26,35H,3-5,8-9,12-16,18,20H2,1-2H3/b10-7+,11-6+,32-24-/t22-,26?/m1/s1. The Hall–Kier alpha value is -3.82. The third kappa shape index (κ3) is 10.1. The largest absolute Gasteiger partial charge is 0.508 e. The molecule has 40 heavy (non-hydrogen) atoms. The normalized spacial score (nSPS) is 22.8. The third-order valence-corrected chi connectivity index (χ3v) is 6.66. The number of phenols is 1. The Morgan fingerprint density at radius 3 is 2.80 bits per heavy atom. The Kier molecular flexibility index (Phi) is 12.5. The Labute approximate surface area is 235 Å². The second-order valence-electron chi connectivity index (χ2n) is 10.0. The minimum Gasteiger partial charge on any atom is -0.508 e. The van der Waals surface area contributed by atoms with Crippen molar-refractivity contribution in [2.24, 2.45) is 10.3 Å². The first-order valence-corrected chi connectivity index (χ1v) is 13.8. The molecule has 1 saturated heterocycles. The van der Waals surface area contributed by atoms with Crippen LogP contribution in [0.25, 0.3) is 10.4 Å². The molecule has 1 aromatic carbocycles. The highest BCUT2D eigenvalue weighted by atomic mass is 16.6. The van der Waals surface area contributed by atoms with Crippen molar-refractivity contribution in [1.82, 2.24) is 4.90 Å². The number of amides is 1. The summed E-state index contributed by atoms with van der Waals surface area (Å²) in [6.07, 6.45) is 11.8. The highest BCUT2D eigenvalue weighted by Gasteiger charge is 2.21. The molecular formula is C29H39N5O6. The number of oxime groups is 1. The molecule has 1 amide bonds. The molecule has 1 fully saturated rings. The van der Waals surface area contributed by atoms with E-state index in [-0.39, 0.29) is 36.9 Å². The number of piperidine rings is 1. The first-order valence-electron chi connectivity index (χ1n) is 13.8. The average Bonchev–Trinajstić information content (AvgIpc) is 2.92. The molecule has 2 heterocycles. The summed E-state index contributed by atoms with van der Waals surface area (Å²) in [6, 6.07) is 3.05. The van der Waals surface area contributed by atoms with E-state index in [1.165, 1.54) is 12.1 Å². The maximum Gasteiger partial charge on any atom is 0.338 e. The zero-order valence-electron chi connectivity index (χ0n) is 23.3. The number of nitrogens with zero attached hydrogens (tertiary/aromatic N) is 5. The van der Waals surface area contributed by atoms with Crippen LogP contribution in [0.15, 0.2) is 46.7 Å². The van der Waals surface area contributed by atoms with Gasteiger partial charge in [-0.2, -0.15) is 0 Å². The molecule has 1 aromatic rings.